The summed E-state index contributed by atoms with van der Waals surface area (Å²) in [4.78, 5) is 50.9. The van der Waals surface area contributed by atoms with Crippen molar-refractivity contribution in [1.29, 1.82) is 5.26 Å². The highest BCUT2D eigenvalue weighted by atomic mass is 16.6. The van der Waals surface area contributed by atoms with Gasteiger partial charge >= 0.3 is 12.1 Å². The molecule has 11 heteroatoms. The molecule has 3 amide bonds. The minimum absolute atomic E-state index is 0.190. The second kappa shape index (κ2) is 9.81. The van der Waals surface area contributed by atoms with Crippen molar-refractivity contribution in [2.75, 3.05) is 47.9 Å². The van der Waals surface area contributed by atoms with Crippen LogP contribution in [0.4, 0.5) is 26.9 Å². The second-order valence-electron chi connectivity index (χ2n) is 9.39. The Morgan fingerprint density at radius 2 is 2.19 bits per heavy atom. The number of urea groups is 1. The number of nitriles is 1. The number of anilines is 3. The standard InChI is InChI=1S/C25H27N7O4/c1-16-4-6-30(13-16)21-10-22(27-12-19(21)11-26)29-24(34)32-5-2-3-17-9-18(20(15-33)28-23(17)32)14-31-7-8-36-25(31)35/h9-10,12,15-16H,2-8,13-14H2,1H3,(H,27,29,34)/t16-/m1/s1. The molecule has 5 heterocycles. The molecule has 2 saturated heterocycles. The number of carbonyl (C=O) groups excluding carboxylic acids is 3. The van der Waals surface area contributed by atoms with Crippen LogP contribution in [0.2, 0.25) is 0 Å². The van der Waals surface area contributed by atoms with Crippen LogP contribution < -0.4 is 15.1 Å². The second-order valence-corrected chi connectivity index (χ2v) is 9.39. The van der Waals surface area contributed by atoms with Crippen LogP contribution >= 0.6 is 0 Å². The third kappa shape index (κ3) is 4.54. The lowest BCUT2D eigenvalue weighted by molar-refractivity contribution is 0.111. The van der Waals surface area contributed by atoms with Gasteiger partial charge in [-0.05, 0) is 36.8 Å². The van der Waals surface area contributed by atoms with E-state index in [1.165, 1.54) is 16.0 Å². The van der Waals surface area contributed by atoms with Gasteiger partial charge in [-0.2, -0.15) is 5.26 Å². The first-order valence-electron chi connectivity index (χ1n) is 12.1. The first-order chi connectivity index (χ1) is 17.5. The molecule has 5 rings (SSSR count). The smallest absolute Gasteiger partial charge is 0.410 e. The molecule has 11 nitrogen and oxygen atoms in total. The molecule has 186 valence electrons. The van der Waals surface area contributed by atoms with E-state index in [4.69, 9.17) is 4.74 Å². The average Bonchev–Trinajstić information content (AvgIpc) is 3.50. The Kier molecular flexibility index (Phi) is 6.41. The molecule has 0 aromatic carbocycles. The van der Waals surface area contributed by atoms with E-state index in [9.17, 15) is 19.6 Å². The van der Waals surface area contributed by atoms with Crippen molar-refractivity contribution in [3.05, 3.63) is 40.7 Å². The molecule has 2 aromatic heterocycles. The normalized spacial score (nSPS) is 19.1. The molecular formula is C25H27N7O4. The average molecular weight is 490 g/mol. The predicted octanol–water partition coefficient (Wildman–Crippen LogP) is 2.94. The fourth-order valence-corrected chi connectivity index (χ4v) is 4.95. The van der Waals surface area contributed by atoms with Crippen LogP contribution in [0.1, 0.15) is 46.9 Å². The molecule has 1 atom stereocenters. The molecule has 0 spiro atoms. The lowest BCUT2D eigenvalue weighted by atomic mass is 10.0. The van der Waals surface area contributed by atoms with Crippen molar-refractivity contribution in [2.24, 2.45) is 5.92 Å². The molecule has 1 N–H and O–H groups in total. The first kappa shape index (κ1) is 23.5. The number of hydrogen-bond donors (Lipinski definition) is 1. The molecule has 2 aromatic rings. The van der Waals surface area contributed by atoms with Gasteiger partial charge in [0, 0.05) is 37.5 Å². The van der Waals surface area contributed by atoms with E-state index in [0.717, 1.165) is 37.2 Å². The van der Waals surface area contributed by atoms with Crippen molar-refractivity contribution >= 4 is 35.7 Å². The maximum Gasteiger partial charge on any atom is 0.410 e. The molecule has 0 saturated carbocycles. The number of amides is 3. The summed E-state index contributed by atoms with van der Waals surface area (Å²) in [5, 5.41) is 12.4. The van der Waals surface area contributed by atoms with Crippen LogP contribution in [-0.4, -0.2) is 66.1 Å². The first-order valence-corrected chi connectivity index (χ1v) is 12.1. The van der Waals surface area contributed by atoms with Gasteiger partial charge in [0.2, 0.25) is 0 Å². The molecule has 0 aliphatic carbocycles. The number of cyclic esters (lactones) is 1. The monoisotopic (exact) mass is 489 g/mol. The van der Waals surface area contributed by atoms with Gasteiger partial charge in [0.15, 0.2) is 6.29 Å². The molecule has 36 heavy (non-hydrogen) atoms. The highest BCUT2D eigenvalue weighted by Gasteiger charge is 2.29. The lowest BCUT2D eigenvalue weighted by Gasteiger charge is -2.29. The van der Waals surface area contributed by atoms with Gasteiger partial charge < -0.3 is 14.5 Å². The van der Waals surface area contributed by atoms with Crippen molar-refractivity contribution in [3.63, 3.8) is 0 Å². The number of hydrogen-bond acceptors (Lipinski definition) is 8. The Labute approximate surface area is 208 Å². The third-order valence-corrected chi connectivity index (χ3v) is 6.84. The van der Waals surface area contributed by atoms with E-state index in [-0.39, 0.29) is 12.2 Å². The van der Waals surface area contributed by atoms with Crippen molar-refractivity contribution in [2.45, 2.75) is 32.7 Å². The summed E-state index contributed by atoms with van der Waals surface area (Å²) in [6.07, 6.45) is 4.19. The summed E-state index contributed by atoms with van der Waals surface area (Å²) < 4.78 is 4.98. The van der Waals surface area contributed by atoms with E-state index >= 15 is 0 Å². The largest absolute Gasteiger partial charge is 0.448 e. The Hall–Kier alpha value is -4.20. The summed E-state index contributed by atoms with van der Waals surface area (Å²) in [7, 11) is 0. The van der Waals surface area contributed by atoms with Gasteiger partial charge in [0.05, 0.1) is 24.3 Å². The zero-order chi connectivity index (χ0) is 25.2. The van der Waals surface area contributed by atoms with Gasteiger partial charge in [-0.25, -0.2) is 19.6 Å². The van der Waals surface area contributed by atoms with Crippen molar-refractivity contribution < 1.29 is 19.1 Å². The van der Waals surface area contributed by atoms with Gasteiger partial charge in [-0.15, -0.1) is 0 Å². The molecule has 0 radical (unpaired) electrons. The van der Waals surface area contributed by atoms with Crippen molar-refractivity contribution in [3.8, 4) is 6.07 Å². The Balaban J connectivity index is 1.38. The minimum atomic E-state index is -0.414. The maximum absolute atomic E-state index is 13.3. The number of aromatic nitrogens is 2. The number of pyridine rings is 2. The van der Waals surface area contributed by atoms with E-state index in [2.05, 4.69) is 33.2 Å². The lowest BCUT2D eigenvalue weighted by Crippen LogP contribution is -2.40. The summed E-state index contributed by atoms with van der Waals surface area (Å²) in [6.45, 7) is 5.32. The summed E-state index contributed by atoms with van der Waals surface area (Å²) >= 11 is 0. The van der Waals surface area contributed by atoms with Crippen LogP contribution in [0.5, 0.6) is 0 Å². The Morgan fingerprint density at radius 1 is 1.33 bits per heavy atom. The fourth-order valence-electron chi connectivity index (χ4n) is 4.95. The molecular weight excluding hydrogens is 462 g/mol. The van der Waals surface area contributed by atoms with Gasteiger partial charge in [0.25, 0.3) is 0 Å². The number of carbonyl (C=O) groups is 3. The highest BCUT2D eigenvalue weighted by Crippen LogP contribution is 2.31. The zero-order valence-electron chi connectivity index (χ0n) is 20.1. The number of aldehydes is 1. The third-order valence-electron chi connectivity index (χ3n) is 6.84. The number of rotatable bonds is 5. The molecule has 2 fully saturated rings. The summed E-state index contributed by atoms with van der Waals surface area (Å²) in [5.41, 5.74) is 2.89. The van der Waals surface area contributed by atoms with Crippen LogP contribution in [0.3, 0.4) is 0 Å². The quantitative estimate of drug-likeness (QED) is 0.634. The van der Waals surface area contributed by atoms with Crippen LogP contribution in [0.25, 0.3) is 0 Å². The maximum atomic E-state index is 13.3. The summed E-state index contributed by atoms with van der Waals surface area (Å²) in [6, 6.07) is 5.37. The molecule has 3 aliphatic rings. The Bertz CT molecular complexity index is 1260. The number of nitrogens with zero attached hydrogens (tertiary/aromatic N) is 6. The van der Waals surface area contributed by atoms with E-state index in [0.29, 0.717) is 61.1 Å². The predicted molar refractivity (Wildman–Crippen MR) is 131 cm³/mol. The molecule has 0 unspecified atom stereocenters. The van der Waals surface area contributed by atoms with Crippen LogP contribution in [0.15, 0.2) is 18.3 Å². The number of nitrogens with one attached hydrogen (secondary N) is 1. The summed E-state index contributed by atoms with van der Waals surface area (Å²) in [5.74, 6) is 1.31. The number of fused-ring (bicyclic) bond motifs is 1. The zero-order valence-corrected chi connectivity index (χ0v) is 20.1. The fraction of sp³-hybridized carbons (Fsp3) is 0.440. The van der Waals surface area contributed by atoms with E-state index < -0.39 is 12.1 Å². The minimum Gasteiger partial charge on any atom is -0.448 e. The topological polar surface area (TPSA) is 132 Å². The van der Waals surface area contributed by atoms with Gasteiger partial charge in [-0.1, -0.05) is 6.92 Å². The van der Waals surface area contributed by atoms with Crippen LogP contribution in [0, 0.1) is 17.2 Å². The number of ether oxygens (including phenoxy) is 1. The van der Waals surface area contributed by atoms with Crippen LogP contribution in [-0.2, 0) is 17.7 Å². The van der Waals surface area contributed by atoms with Gasteiger partial charge in [-0.3, -0.25) is 15.0 Å². The van der Waals surface area contributed by atoms with Crippen molar-refractivity contribution in [1.82, 2.24) is 14.9 Å². The van der Waals surface area contributed by atoms with E-state index in [1.54, 1.807) is 6.07 Å². The molecule has 0 bridgehead atoms. The highest BCUT2D eigenvalue weighted by molar-refractivity contribution is 6.02. The SMILES string of the molecule is C[C@@H]1CCN(c2cc(NC(=O)N3CCCc4cc(CN5CCOC5=O)c(C=O)nc43)ncc2C#N)C1. The van der Waals surface area contributed by atoms with Gasteiger partial charge in [0.1, 0.15) is 30.0 Å². The van der Waals surface area contributed by atoms with E-state index in [1.807, 2.05) is 6.07 Å². The molecule has 3 aliphatic heterocycles. The Morgan fingerprint density at radius 3 is 2.89 bits per heavy atom. The number of aryl methyl sites for hydroxylation is 1.